The van der Waals surface area contributed by atoms with Crippen LogP contribution in [0.15, 0.2) is 18.2 Å². The van der Waals surface area contributed by atoms with Crippen molar-refractivity contribution in [2.75, 3.05) is 13.2 Å². The molecule has 1 aromatic carbocycles. The number of carbonyl (C=O) groups is 1. The van der Waals surface area contributed by atoms with Crippen molar-refractivity contribution in [3.63, 3.8) is 0 Å². The summed E-state index contributed by atoms with van der Waals surface area (Å²) in [5.74, 6) is -0.00543. The zero-order chi connectivity index (χ0) is 13.0. The van der Waals surface area contributed by atoms with E-state index in [1.807, 2.05) is 0 Å². The molecule has 0 aliphatic carbocycles. The Morgan fingerprint density at radius 3 is 3.06 bits per heavy atom. The summed E-state index contributed by atoms with van der Waals surface area (Å²) in [5, 5.41) is 12.4. The molecule has 1 unspecified atom stereocenters. The van der Waals surface area contributed by atoms with Gasteiger partial charge in [0.05, 0.1) is 6.10 Å². The van der Waals surface area contributed by atoms with Crippen LogP contribution in [0.25, 0.3) is 0 Å². The zero-order valence-corrected chi connectivity index (χ0v) is 10.6. The molecular formula is C14H19NO3. The molecule has 1 fully saturated rings. The van der Waals surface area contributed by atoms with E-state index in [1.54, 1.807) is 25.1 Å². The Morgan fingerprint density at radius 1 is 1.50 bits per heavy atom. The quantitative estimate of drug-likeness (QED) is 0.861. The van der Waals surface area contributed by atoms with Crippen LogP contribution in [0.1, 0.15) is 35.2 Å². The summed E-state index contributed by atoms with van der Waals surface area (Å²) in [6.07, 6.45) is 3.39. The zero-order valence-electron chi connectivity index (χ0n) is 10.6. The topological polar surface area (TPSA) is 58.6 Å². The van der Waals surface area contributed by atoms with Gasteiger partial charge in [-0.2, -0.15) is 0 Å². The molecule has 1 amide bonds. The number of nitrogens with one attached hydrogen (secondary N) is 1. The molecule has 1 aliphatic heterocycles. The fraction of sp³-hybridized carbons (Fsp3) is 0.500. The molecule has 2 N–H and O–H groups in total. The smallest absolute Gasteiger partial charge is 0.251 e. The van der Waals surface area contributed by atoms with Crippen molar-refractivity contribution in [3.05, 3.63) is 29.3 Å². The summed E-state index contributed by atoms with van der Waals surface area (Å²) in [6, 6.07) is 4.97. The number of phenols is 1. The molecule has 1 atom stereocenters. The fourth-order valence-corrected chi connectivity index (χ4v) is 2.14. The Hall–Kier alpha value is -1.55. The minimum atomic E-state index is -0.155. The number of hydrogen-bond acceptors (Lipinski definition) is 3. The first-order chi connectivity index (χ1) is 8.68. The van der Waals surface area contributed by atoms with Crippen molar-refractivity contribution in [2.24, 2.45) is 0 Å². The van der Waals surface area contributed by atoms with E-state index in [0.717, 1.165) is 25.9 Å². The van der Waals surface area contributed by atoms with Crippen LogP contribution in [0, 0.1) is 6.92 Å². The monoisotopic (exact) mass is 249 g/mol. The van der Waals surface area contributed by atoms with Gasteiger partial charge in [-0.3, -0.25) is 4.79 Å². The van der Waals surface area contributed by atoms with Gasteiger partial charge in [0.2, 0.25) is 0 Å². The van der Waals surface area contributed by atoms with Crippen molar-refractivity contribution >= 4 is 5.91 Å². The number of hydrogen-bond donors (Lipinski definition) is 2. The summed E-state index contributed by atoms with van der Waals surface area (Å²) in [4.78, 5) is 12.0. The molecule has 0 radical (unpaired) electrons. The highest BCUT2D eigenvalue weighted by atomic mass is 16.5. The lowest BCUT2D eigenvalue weighted by molar-refractivity contribution is 0.0169. The largest absolute Gasteiger partial charge is 0.508 e. The Labute approximate surface area is 107 Å². The van der Waals surface area contributed by atoms with E-state index in [1.165, 1.54) is 0 Å². The molecule has 0 spiro atoms. The van der Waals surface area contributed by atoms with Gasteiger partial charge in [-0.15, -0.1) is 0 Å². The average molecular weight is 249 g/mol. The van der Waals surface area contributed by atoms with E-state index < -0.39 is 0 Å². The maximum absolute atomic E-state index is 12.0. The molecular weight excluding hydrogens is 230 g/mol. The van der Waals surface area contributed by atoms with Crippen LogP contribution in [0.3, 0.4) is 0 Å². The Balaban J connectivity index is 1.93. The Kier molecular flexibility index (Phi) is 4.20. The number of benzene rings is 1. The SMILES string of the molecule is Cc1c(O)cccc1C(=O)NCC1CCCCO1. The lowest BCUT2D eigenvalue weighted by atomic mass is 10.1. The van der Waals surface area contributed by atoms with Crippen LogP contribution in [0.4, 0.5) is 0 Å². The summed E-state index contributed by atoms with van der Waals surface area (Å²) in [5.41, 5.74) is 1.13. The average Bonchev–Trinajstić information content (AvgIpc) is 2.40. The number of amides is 1. The highest BCUT2D eigenvalue weighted by Crippen LogP contribution is 2.19. The number of rotatable bonds is 3. The van der Waals surface area contributed by atoms with Gasteiger partial charge in [-0.05, 0) is 38.3 Å². The van der Waals surface area contributed by atoms with Crippen LogP contribution in [0.5, 0.6) is 5.75 Å². The lowest BCUT2D eigenvalue weighted by Gasteiger charge is -2.22. The molecule has 18 heavy (non-hydrogen) atoms. The maximum Gasteiger partial charge on any atom is 0.251 e. The molecule has 0 saturated carbocycles. The summed E-state index contributed by atoms with van der Waals surface area (Å²) < 4.78 is 5.55. The Morgan fingerprint density at radius 2 is 2.33 bits per heavy atom. The van der Waals surface area contributed by atoms with Crippen LogP contribution in [0.2, 0.25) is 0 Å². The molecule has 0 aromatic heterocycles. The highest BCUT2D eigenvalue weighted by Gasteiger charge is 2.16. The van der Waals surface area contributed by atoms with E-state index in [0.29, 0.717) is 17.7 Å². The van der Waals surface area contributed by atoms with Crippen molar-refractivity contribution < 1.29 is 14.6 Å². The third-order valence-corrected chi connectivity index (χ3v) is 3.31. The van der Waals surface area contributed by atoms with E-state index in [4.69, 9.17) is 4.74 Å². The fourth-order valence-electron chi connectivity index (χ4n) is 2.14. The van der Waals surface area contributed by atoms with Crippen molar-refractivity contribution in [1.82, 2.24) is 5.32 Å². The van der Waals surface area contributed by atoms with Gasteiger partial charge in [0.1, 0.15) is 5.75 Å². The summed E-state index contributed by atoms with van der Waals surface area (Å²) in [6.45, 7) is 3.06. The minimum absolute atomic E-state index is 0.125. The van der Waals surface area contributed by atoms with Gasteiger partial charge in [0.25, 0.3) is 5.91 Å². The van der Waals surface area contributed by atoms with Crippen LogP contribution in [-0.2, 0) is 4.74 Å². The van der Waals surface area contributed by atoms with Crippen LogP contribution in [-0.4, -0.2) is 30.3 Å². The number of ether oxygens (including phenoxy) is 1. The van der Waals surface area contributed by atoms with Crippen molar-refractivity contribution in [3.8, 4) is 5.75 Å². The van der Waals surface area contributed by atoms with Gasteiger partial charge in [0.15, 0.2) is 0 Å². The second-order valence-corrected chi connectivity index (χ2v) is 4.65. The van der Waals surface area contributed by atoms with E-state index in [9.17, 15) is 9.90 Å². The molecule has 98 valence electrons. The van der Waals surface area contributed by atoms with E-state index in [2.05, 4.69) is 5.32 Å². The van der Waals surface area contributed by atoms with Gasteiger partial charge in [0, 0.05) is 24.3 Å². The van der Waals surface area contributed by atoms with Crippen molar-refractivity contribution in [1.29, 1.82) is 0 Å². The molecule has 0 bridgehead atoms. The molecule has 1 saturated heterocycles. The van der Waals surface area contributed by atoms with E-state index >= 15 is 0 Å². The standard InChI is InChI=1S/C14H19NO3/c1-10-12(6-4-7-13(10)16)14(17)15-9-11-5-2-3-8-18-11/h4,6-7,11,16H,2-3,5,8-9H2,1H3,(H,15,17). The predicted octanol–water partition coefficient (Wildman–Crippen LogP) is 2.00. The number of aromatic hydroxyl groups is 1. The highest BCUT2D eigenvalue weighted by molar-refractivity contribution is 5.96. The van der Waals surface area contributed by atoms with Crippen LogP contribution < -0.4 is 5.32 Å². The molecule has 1 aliphatic rings. The minimum Gasteiger partial charge on any atom is -0.508 e. The molecule has 1 aromatic rings. The molecule has 4 heteroatoms. The van der Waals surface area contributed by atoms with Crippen LogP contribution >= 0.6 is 0 Å². The summed E-state index contributed by atoms with van der Waals surface area (Å²) >= 11 is 0. The third-order valence-electron chi connectivity index (χ3n) is 3.31. The lowest BCUT2D eigenvalue weighted by Crippen LogP contribution is -2.35. The molecule has 2 rings (SSSR count). The number of phenolic OH excluding ortho intramolecular Hbond substituents is 1. The first-order valence-electron chi connectivity index (χ1n) is 6.37. The Bertz CT molecular complexity index is 425. The van der Waals surface area contributed by atoms with E-state index in [-0.39, 0.29) is 17.8 Å². The first kappa shape index (κ1) is 12.9. The maximum atomic E-state index is 12.0. The van der Waals surface area contributed by atoms with Gasteiger partial charge in [-0.1, -0.05) is 6.07 Å². The molecule has 4 nitrogen and oxygen atoms in total. The van der Waals surface area contributed by atoms with Crippen molar-refractivity contribution in [2.45, 2.75) is 32.3 Å². The predicted molar refractivity (Wildman–Crippen MR) is 68.8 cm³/mol. The number of carbonyl (C=O) groups excluding carboxylic acids is 1. The second-order valence-electron chi connectivity index (χ2n) is 4.65. The van der Waals surface area contributed by atoms with Gasteiger partial charge in [-0.25, -0.2) is 0 Å². The first-order valence-corrected chi connectivity index (χ1v) is 6.37. The second kappa shape index (κ2) is 5.87. The molecule has 1 heterocycles. The van der Waals surface area contributed by atoms with Gasteiger partial charge >= 0.3 is 0 Å². The third kappa shape index (κ3) is 3.01. The summed E-state index contributed by atoms with van der Waals surface area (Å²) in [7, 11) is 0. The van der Waals surface area contributed by atoms with Gasteiger partial charge < -0.3 is 15.2 Å². The normalized spacial score (nSPS) is 19.5.